The van der Waals surface area contributed by atoms with Crippen LogP contribution in [0.5, 0.6) is 11.5 Å². The molecule has 7 nitrogen and oxygen atoms in total. The summed E-state index contributed by atoms with van der Waals surface area (Å²) < 4.78 is 10.8. The molecule has 1 aliphatic rings. The summed E-state index contributed by atoms with van der Waals surface area (Å²) in [6.07, 6.45) is 3.28. The Balaban J connectivity index is 1.72. The lowest BCUT2D eigenvalue weighted by molar-refractivity contribution is -0.126. The zero-order chi connectivity index (χ0) is 20.1. The number of thioether (sulfide) groups is 1. The molecule has 2 aromatic rings. The maximum absolute atomic E-state index is 12.7. The van der Waals surface area contributed by atoms with Gasteiger partial charge >= 0.3 is 0 Å². The molecule has 0 bridgehead atoms. The monoisotopic (exact) mass is 415 g/mol. The normalized spacial score (nSPS) is 15.1. The maximum Gasteiger partial charge on any atom is 0.266 e. The number of hydrogen-bond acceptors (Lipinski definition) is 7. The van der Waals surface area contributed by atoms with Crippen LogP contribution in [0.25, 0.3) is 6.08 Å². The number of aromatic nitrogens is 1. The molecule has 1 saturated heterocycles. The van der Waals surface area contributed by atoms with Gasteiger partial charge < -0.3 is 14.8 Å². The standard InChI is InChI=1S/C19H17N3O4S2/c1-25-13-7-6-12(9-14(13)26-2)10-15-18(24)22(19(27)28-15)11-17(23)21-16-5-3-4-8-20-16/h3-10H,11H2,1-2H3,(H,20,21,23). The molecule has 0 atom stereocenters. The van der Waals surface area contributed by atoms with Gasteiger partial charge in [0.1, 0.15) is 16.7 Å². The zero-order valence-corrected chi connectivity index (χ0v) is 16.8. The SMILES string of the molecule is COc1ccc(C=C2SC(=S)N(CC(=O)Nc3ccccn3)C2=O)cc1OC. The molecule has 9 heteroatoms. The first-order valence-corrected chi connectivity index (χ1v) is 9.42. The van der Waals surface area contributed by atoms with Gasteiger partial charge in [-0.1, -0.05) is 36.1 Å². The smallest absolute Gasteiger partial charge is 0.266 e. The largest absolute Gasteiger partial charge is 0.493 e. The van der Waals surface area contributed by atoms with Crippen molar-refractivity contribution < 1.29 is 19.1 Å². The van der Waals surface area contributed by atoms with E-state index in [2.05, 4.69) is 10.3 Å². The van der Waals surface area contributed by atoms with Gasteiger partial charge in [0.05, 0.1) is 19.1 Å². The van der Waals surface area contributed by atoms with Gasteiger partial charge in [0.2, 0.25) is 5.91 Å². The van der Waals surface area contributed by atoms with E-state index in [1.54, 1.807) is 56.8 Å². The summed E-state index contributed by atoms with van der Waals surface area (Å²) in [6.45, 7) is -0.176. The minimum absolute atomic E-state index is 0.176. The van der Waals surface area contributed by atoms with Gasteiger partial charge in [-0.3, -0.25) is 14.5 Å². The van der Waals surface area contributed by atoms with Crippen molar-refractivity contribution >= 4 is 52.0 Å². The Bertz CT molecular complexity index is 947. The number of nitrogens with zero attached hydrogens (tertiary/aromatic N) is 2. The van der Waals surface area contributed by atoms with Crippen molar-refractivity contribution in [3.8, 4) is 11.5 Å². The zero-order valence-electron chi connectivity index (χ0n) is 15.2. The predicted octanol–water partition coefficient (Wildman–Crippen LogP) is 2.94. The lowest BCUT2D eigenvalue weighted by atomic mass is 10.2. The fourth-order valence-electron chi connectivity index (χ4n) is 2.49. The Kier molecular flexibility index (Phi) is 6.27. The molecule has 144 valence electrons. The number of ether oxygens (including phenoxy) is 2. The van der Waals surface area contributed by atoms with Crippen molar-refractivity contribution in [3.63, 3.8) is 0 Å². The van der Waals surface area contributed by atoms with E-state index in [-0.39, 0.29) is 18.4 Å². The second kappa shape index (κ2) is 8.85. The molecular weight excluding hydrogens is 398 g/mol. The first-order valence-electron chi connectivity index (χ1n) is 8.20. The molecule has 2 heterocycles. The number of thiocarbonyl (C=S) groups is 1. The summed E-state index contributed by atoms with van der Waals surface area (Å²) in [5, 5.41) is 2.64. The Morgan fingerprint density at radius 1 is 1.25 bits per heavy atom. The summed E-state index contributed by atoms with van der Waals surface area (Å²) in [5.41, 5.74) is 0.760. The first-order chi connectivity index (χ1) is 13.5. The number of methoxy groups -OCH3 is 2. The summed E-state index contributed by atoms with van der Waals surface area (Å²) >= 11 is 6.42. The van der Waals surface area contributed by atoms with Gasteiger partial charge in [-0.15, -0.1) is 0 Å². The highest BCUT2D eigenvalue weighted by Gasteiger charge is 2.33. The van der Waals surface area contributed by atoms with Gasteiger partial charge in [-0.2, -0.15) is 0 Å². The molecule has 1 fully saturated rings. The second-order valence-electron chi connectivity index (χ2n) is 5.65. The van der Waals surface area contributed by atoms with E-state index < -0.39 is 0 Å². The summed E-state index contributed by atoms with van der Waals surface area (Å²) in [4.78, 5) is 30.6. The number of amides is 2. The molecular formula is C19H17N3O4S2. The number of carbonyl (C=O) groups is 2. The van der Waals surface area contributed by atoms with Crippen LogP contribution in [0.1, 0.15) is 5.56 Å². The first kappa shape index (κ1) is 19.8. The number of pyridine rings is 1. The second-order valence-corrected chi connectivity index (χ2v) is 7.32. The molecule has 2 amide bonds. The Labute approximate surface area is 171 Å². The summed E-state index contributed by atoms with van der Waals surface area (Å²) in [7, 11) is 3.10. The van der Waals surface area contributed by atoms with Crippen LogP contribution in [0.2, 0.25) is 0 Å². The number of anilines is 1. The number of rotatable bonds is 6. The quantitative estimate of drug-likeness (QED) is 0.574. The fourth-order valence-corrected chi connectivity index (χ4v) is 3.75. The van der Waals surface area contributed by atoms with Crippen LogP contribution >= 0.6 is 24.0 Å². The fraction of sp³-hybridized carbons (Fsp3) is 0.158. The van der Waals surface area contributed by atoms with Crippen LogP contribution in [-0.4, -0.2) is 46.8 Å². The number of hydrogen-bond donors (Lipinski definition) is 1. The average Bonchev–Trinajstić information content (AvgIpc) is 2.96. The number of nitrogens with one attached hydrogen (secondary N) is 1. The summed E-state index contributed by atoms with van der Waals surface area (Å²) in [5.74, 6) is 0.877. The minimum Gasteiger partial charge on any atom is -0.493 e. The van der Waals surface area contributed by atoms with Gasteiger partial charge in [-0.25, -0.2) is 4.98 Å². The molecule has 1 N–H and O–H groups in total. The van der Waals surface area contributed by atoms with Crippen molar-refractivity contribution in [2.45, 2.75) is 0 Å². The highest BCUT2D eigenvalue weighted by atomic mass is 32.2. The lowest BCUT2D eigenvalue weighted by Crippen LogP contribution is -2.36. The number of benzene rings is 1. The third-order valence-corrected chi connectivity index (χ3v) is 5.19. The molecule has 1 aromatic heterocycles. The van der Waals surface area contributed by atoms with E-state index in [1.165, 1.54) is 4.90 Å². The van der Waals surface area contributed by atoms with Crippen molar-refractivity contribution in [1.29, 1.82) is 0 Å². The maximum atomic E-state index is 12.7. The highest BCUT2D eigenvalue weighted by molar-refractivity contribution is 8.26. The molecule has 28 heavy (non-hydrogen) atoms. The van der Waals surface area contributed by atoms with Gasteiger partial charge in [0.15, 0.2) is 11.5 Å². The van der Waals surface area contributed by atoms with Crippen molar-refractivity contribution in [2.24, 2.45) is 0 Å². The van der Waals surface area contributed by atoms with E-state index in [0.717, 1.165) is 17.3 Å². The molecule has 1 aliphatic heterocycles. The highest BCUT2D eigenvalue weighted by Crippen LogP contribution is 2.34. The van der Waals surface area contributed by atoms with E-state index in [0.29, 0.717) is 26.5 Å². The van der Waals surface area contributed by atoms with Crippen LogP contribution in [0.15, 0.2) is 47.5 Å². The third kappa shape index (κ3) is 4.49. The Morgan fingerprint density at radius 2 is 2.04 bits per heavy atom. The van der Waals surface area contributed by atoms with E-state index in [4.69, 9.17) is 21.7 Å². The van der Waals surface area contributed by atoms with Gasteiger partial charge in [0.25, 0.3) is 5.91 Å². The van der Waals surface area contributed by atoms with Gasteiger partial charge in [0, 0.05) is 6.20 Å². The molecule has 0 saturated carbocycles. The van der Waals surface area contributed by atoms with Crippen molar-refractivity contribution in [1.82, 2.24) is 9.88 Å². The van der Waals surface area contributed by atoms with Crippen LogP contribution in [-0.2, 0) is 9.59 Å². The predicted molar refractivity (Wildman–Crippen MR) is 112 cm³/mol. The van der Waals surface area contributed by atoms with Crippen molar-refractivity contribution in [3.05, 3.63) is 53.1 Å². The Hall–Kier alpha value is -2.91. The lowest BCUT2D eigenvalue weighted by Gasteiger charge is -2.13. The van der Waals surface area contributed by atoms with E-state index in [9.17, 15) is 9.59 Å². The molecule has 0 aliphatic carbocycles. The van der Waals surface area contributed by atoms with Crippen molar-refractivity contribution in [2.75, 3.05) is 26.1 Å². The van der Waals surface area contributed by atoms with Crippen LogP contribution in [0, 0.1) is 0 Å². The topological polar surface area (TPSA) is 80.8 Å². The molecule has 1 aromatic carbocycles. The molecule has 0 radical (unpaired) electrons. The number of carbonyl (C=O) groups excluding carboxylic acids is 2. The van der Waals surface area contributed by atoms with E-state index in [1.807, 2.05) is 6.07 Å². The van der Waals surface area contributed by atoms with E-state index >= 15 is 0 Å². The molecule has 0 unspecified atom stereocenters. The van der Waals surface area contributed by atoms with Crippen LogP contribution in [0.4, 0.5) is 5.82 Å². The summed E-state index contributed by atoms with van der Waals surface area (Å²) in [6, 6.07) is 10.5. The van der Waals surface area contributed by atoms with Crippen LogP contribution < -0.4 is 14.8 Å². The Morgan fingerprint density at radius 3 is 2.71 bits per heavy atom. The van der Waals surface area contributed by atoms with Crippen LogP contribution in [0.3, 0.4) is 0 Å². The minimum atomic E-state index is -0.373. The van der Waals surface area contributed by atoms with Gasteiger partial charge in [-0.05, 0) is 35.9 Å². The third-order valence-electron chi connectivity index (χ3n) is 3.81. The molecule has 0 spiro atoms. The molecule has 3 rings (SSSR count). The average molecular weight is 415 g/mol.